The van der Waals surface area contributed by atoms with Crippen LogP contribution >= 0.6 is 22.6 Å². The summed E-state index contributed by atoms with van der Waals surface area (Å²) in [6, 6.07) is 21.1. The molecule has 0 aliphatic rings. The van der Waals surface area contributed by atoms with Gasteiger partial charge in [0.15, 0.2) is 11.5 Å². The first-order valence-electron chi connectivity index (χ1n) is 8.92. The van der Waals surface area contributed by atoms with Crippen LogP contribution in [0.25, 0.3) is 11.6 Å². The van der Waals surface area contributed by atoms with Gasteiger partial charge in [-0.25, -0.2) is 4.39 Å². The van der Waals surface area contributed by atoms with Gasteiger partial charge in [0.05, 0.1) is 34.0 Å². The Bertz CT molecular complexity index is 1190. The average Bonchev–Trinajstić information content (AvgIpc) is 2.77. The normalized spacial score (nSPS) is 10.8. The Morgan fingerprint density at radius 2 is 1.83 bits per heavy atom. The van der Waals surface area contributed by atoms with Gasteiger partial charge < -0.3 is 9.47 Å². The largest absolute Gasteiger partial charge is 0.493 e. The van der Waals surface area contributed by atoms with Crippen molar-refractivity contribution in [2.45, 2.75) is 6.61 Å². The first-order valence-corrected chi connectivity index (χ1v) is 10.00. The maximum atomic E-state index is 14.1. The Balaban J connectivity index is 1.93. The minimum Gasteiger partial charge on any atom is -0.493 e. The van der Waals surface area contributed by atoms with Crippen LogP contribution < -0.4 is 9.47 Å². The number of hydrogen-bond acceptors (Lipinski definition) is 4. The number of hydrogen-bond donors (Lipinski definition) is 0. The average molecular weight is 510 g/mol. The van der Waals surface area contributed by atoms with E-state index in [0.717, 1.165) is 9.13 Å². The van der Waals surface area contributed by atoms with Gasteiger partial charge in [-0.15, -0.1) is 0 Å². The van der Waals surface area contributed by atoms with Crippen molar-refractivity contribution in [2.75, 3.05) is 7.11 Å². The molecule has 6 heteroatoms. The molecule has 0 saturated heterocycles. The molecule has 0 aliphatic heterocycles. The Morgan fingerprint density at radius 3 is 2.53 bits per heavy atom. The molecule has 0 spiro atoms. The molecule has 3 rings (SSSR count). The van der Waals surface area contributed by atoms with Crippen LogP contribution in [-0.4, -0.2) is 7.11 Å². The molecule has 148 valence electrons. The Morgan fingerprint density at radius 1 is 1.10 bits per heavy atom. The molecular weight excluding hydrogens is 494 g/mol. The Kier molecular flexibility index (Phi) is 7.05. The van der Waals surface area contributed by atoms with Crippen LogP contribution in [0.1, 0.15) is 22.3 Å². The van der Waals surface area contributed by atoms with Gasteiger partial charge in [0.2, 0.25) is 0 Å². The van der Waals surface area contributed by atoms with Crippen LogP contribution in [0.3, 0.4) is 0 Å². The third kappa shape index (κ3) is 4.79. The van der Waals surface area contributed by atoms with Crippen LogP contribution in [0.15, 0.2) is 60.7 Å². The van der Waals surface area contributed by atoms with Crippen LogP contribution in [0.5, 0.6) is 11.5 Å². The molecule has 0 fully saturated rings. The van der Waals surface area contributed by atoms with Crippen molar-refractivity contribution in [1.29, 1.82) is 10.5 Å². The number of nitriles is 2. The lowest BCUT2D eigenvalue weighted by Crippen LogP contribution is -2.02. The maximum absolute atomic E-state index is 14.1. The van der Waals surface area contributed by atoms with Gasteiger partial charge in [-0.1, -0.05) is 36.4 Å². The highest BCUT2D eigenvalue weighted by Crippen LogP contribution is 2.36. The quantitative estimate of drug-likeness (QED) is 0.234. The van der Waals surface area contributed by atoms with Crippen molar-refractivity contribution < 1.29 is 13.9 Å². The SMILES string of the molecule is COc1cc(/C=C(/C#N)c2ccccc2F)cc(I)c1OCc1ccccc1C#N. The number of benzene rings is 3. The summed E-state index contributed by atoms with van der Waals surface area (Å²) in [7, 11) is 1.52. The summed E-state index contributed by atoms with van der Waals surface area (Å²) < 4.78 is 26.3. The lowest BCUT2D eigenvalue weighted by Gasteiger charge is -2.14. The van der Waals surface area contributed by atoms with Gasteiger partial charge in [0, 0.05) is 11.1 Å². The van der Waals surface area contributed by atoms with Crippen LogP contribution in [-0.2, 0) is 6.61 Å². The van der Waals surface area contributed by atoms with Gasteiger partial charge in [-0.3, -0.25) is 0 Å². The van der Waals surface area contributed by atoms with E-state index in [1.165, 1.54) is 13.2 Å². The molecule has 0 atom stereocenters. The molecule has 4 nitrogen and oxygen atoms in total. The van der Waals surface area contributed by atoms with Crippen molar-refractivity contribution in [3.63, 3.8) is 0 Å². The standard InChI is InChI=1S/C24H16FIN2O2/c1-29-23-12-16(10-19(14-28)20-8-4-5-9-21(20)25)11-22(26)24(23)30-15-18-7-3-2-6-17(18)13-27/h2-12H,15H2,1H3/b19-10-. The van der Waals surface area contributed by atoms with Gasteiger partial charge >= 0.3 is 0 Å². The highest BCUT2D eigenvalue weighted by Gasteiger charge is 2.14. The predicted molar refractivity (Wildman–Crippen MR) is 121 cm³/mol. The molecule has 3 aromatic carbocycles. The molecule has 0 aliphatic carbocycles. The number of rotatable bonds is 6. The Hall–Kier alpha value is -3.36. The molecule has 0 amide bonds. The summed E-state index contributed by atoms with van der Waals surface area (Å²) >= 11 is 2.12. The first kappa shape index (κ1) is 21.4. The third-order valence-electron chi connectivity index (χ3n) is 4.36. The fraction of sp³-hybridized carbons (Fsp3) is 0.0833. The second-order valence-corrected chi connectivity index (χ2v) is 7.40. The molecule has 0 aromatic heterocycles. The van der Waals surface area contributed by atoms with E-state index in [9.17, 15) is 14.9 Å². The highest BCUT2D eigenvalue weighted by molar-refractivity contribution is 14.1. The lowest BCUT2D eigenvalue weighted by molar-refractivity contribution is 0.282. The number of methoxy groups -OCH3 is 1. The third-order valence-corrected chi connectivity index (χ3v) is 5.16. The molecule has 0 radical (unpaired) electrons. The molecule has 0 saturated carbocycles. The lowest BCUT2D eigenvalue weighted by atomic mass is 10.0. The summed E-state index contributed by atoms with van der Waals surface area (Å²) in [5.41, 5.74) is 2.45. The molecule has 0 heterocycles. The second kappa shape index (κ2) is 9.91. The van der Waals surface area contributed by atoms with Crippen LogP contribution in [0.2, 0.25) is 0 Å². The maximum Gasteiger partial charge on any atom is 0.174 e. The highest BCUT2D eigenvalue weighted by atomic mass is 127. The van der Waals surface area contributed by atoms with E-state index in [1.54, 1.807) is 42.5 Å². The zero-order chi connectivity index (χ0) is 21.5. The van der Waals surface area contributed by atoms with E-state index in [0.29, 0.717) is 22.6 Å². The van der Waals surface area contributed by atoms with Gasteiger partial charge in [-0.05, 0) is 58.5 Å². The Labute approximate surface area is 187 Å². The number of ether oxygens (including phenoxy) is 2. The molecule has 0 N–H and O–H groups in total. The van der Waals surface area contributed by atoms with E-state index in [2.05, 4.69) is 34.7 Å². The second-order valence-electron chi connectivity index (χ2n) is 6.24. The van der Waals surface area contributed by atoms with Gasteiger partial charge in [0.25, 0.3) is 0 Å². The van der Waals surface area contributed by atoms with Gasteiger partial charge in [0.1, 0.15) is 12.4 Å². The van der Waals surface area contributed by atoms with Crippen LogP contribution in [0.4, 0.5) is 4.39 Å². The fourth-order valence-corrected chi connectivity index (χ4v) is 3.67. The minimum absolute atomic E-state index is 0.211. The van der Waals surface area contributed by atoms with E-state index in [1.807, 2.05) is 18.2 Å². The van der Waals surface area contributed by atoms with Crippen molar-refractivity contribution in [3.8, 4) is 23.6 Å². The van der Waals surface area contributed by atoms with Crippen molar-refractivity contribution in [2.24, 2.45) is 0 Å². The monoisotopic (exact) mass is 510 g/mol. The van der Waals surface area contributed by atoms with Crippen molar-refractivity contribution in [1.82, 2.24) is 0 Å². The zero-order valence-corrected chi connectivity index (χ0v) is 18.2. The van der Waals surface area contributed by atoms with Crippen molar-refractivity contribution >= 4 is 34.2 Å². The van der Waals surface area contributed by atoms with E-state index in [4.69, 9.17) is 9.47 Å². The summed E-state index contributed by atoms with van der Waals surface area (Å²) in [6.07, 6.45) is 1.61. The number of nitrogens with zero attached hydrogens (tertiary/aromatic N) is 2. The molecule has 3 aromatic rings. The molecule has 30 heavy (non-hydrogen) atoms. The van der Waals surface area contributed by atoms with E-state index >= 15 is 0 Å². The molecule has 0 bridgehead atoms. The predicted octanol–water partition coefficient (Wildman–Crippen LogP) is 5.95. The van der Waals surface area contributed by atoms with Gasteiger partial charge in [-0.2, -0.15) is 10.5 Å². The zero-order valence-electron chi connectivity index (χ0n) is 16.0. The van der Waals surface area contributed by atoms with E-state index in [-0.39, 0.29) is 17.7 Å². The summed E-state index contributed by atoms with van der Waals surface area (Å²) in [4.78, 5) is 0. The summed E-state index contributed by atoms with van der Waals surface area (Å²) in [5.74, 6) is 0.559. The topological polar surface area (TPSA) is 66.0 Å². The van der Waals surface area contributed by atoms with Crippen molar-refractivity contribution in [3.05, 3.63) is 92.3 Å². The van der Waals surface area contributed by atoms with Crippen LogP contribution in [0, 0.1) is 32.0 Å². The summed E-state index contributed by atoms with van der Waals surface area (Å²) in [5, 5.41) is 18.7. The molecular formula is C24H16FIN2O2. The number of halogens is 2. The number of allylic oxidation sites excluding steroid dienone is 1. The summed E-state index contributed by atoms with van der Waals surface area (Å²) in [6.45, 7) is 0.212. The smallest absolute Gasteiger partial charge is 0.174 e. The van der Waals surface area contributed by atoms with E-state index < -0.39 is 5.82 Å². The molecule has 0 unspecified atom stereocenters. The minimum atomic E-state index is -0.455. The first-order chi connectivity index (χ1) is 14.6. The fourth-order valence-electron chi connectivity index (χ4n) is 2.88.